The maximum atomic E-state index is 10.1. The molecule has 0 spiro atoms. The highest BCUT2D eigenvalue weighted by atomic mass is 35.5. The molecule has 1 aliphatic carbocycles. The van der Waals surface area contributed by atoms with Crippen LogP contribution >= 0.6 is 22.9 Å². The molecule has 4 heteroatoms. The second kappa shape index (κ2) is 4.83. The van der Waals surface area contributed by atoms with Crippen molar-refractivity contribution in [2.75, 3.05) is 6.54 Å². The molecule has 0 atom stereocenters. The van der Waals surface area contributed by atoms with Crippen LogP contribution in [-0.4, -0.2) is 17.3 Å². The quantitative estimate of drug-likeness (QED) is 0.855. The minimum atomic E-state index is -0.457. The van der Waals surface area contributed by atoms with Gasteiger partial charge in [-0.15, -0.1) is 11.3 Å². The second-order valence-corrected chi connectivity index (χ2v) is 6.04. The van der Waals surface area contributed by atoms with Gasteiger partial charge in [0.25, 0.3) is 0 Å². The normalized spacial score (nSPS) is 19.6. The third-order valence-electron chi connectivity index (χ3n) is 2.92. The molecule has 0 aromatic carbocycles. The first-order valence-corrected chi connectivity index (χ1v) is 6.55. The summed E-state index contributed by atoms with van der Waals surface area (Å²) >= 11 is 7.43. The largest absolute Gasteiger partial charge is 0.389 e. The zero-order chi connectivity index (χ0) is 10.7. The van der Waals surface area contributed by atoms with Crippen LogP contribution in [0, 0.1) is 0 Å². The van der Waals surface area contributed by atoms with Crippen LogP contribution in [0.25, 0.3) is 0 Å². The summed E-state index contributed by atoms with van der Waals surface area (Å²) in [7, 11) is 0. The van der Waals surface area contributed by atoms with Gasteiger partial charge in [-0.2, -0.15) is 0 Å². The fourth-order valence-corrected chi connectivity index (χ4v) is 3.13. The molecule has 1 fully saturated rings. The molecule has 0 amide bonds. The highest BCUT2D eigenvalue weighted by molar-refractivity contribution is 7.16. The van der Waals surface area contributed by atoms with E-state index in [2.05, 4.69) is 5.32 Å². The Morgan fingerprint density at radius 1 is 1.40 bits per heavy atom. The first-order chi connectivity index (χ1) is 7.18. The van der Waals surface area contributed by atoms with Crippen LogP contribution in [0.3, 0.4) is 0 Å². The van der Waals surface area contributed by atoms with E-state index in [1.54, 1.807) is 11.3 Å². The van der Waals surface area contributed by atoms with Crippen LogP contribution in [0.5, 0.6) is 0 Å². The van der Waals surface area contributed by atoms with Crippen molar-refractivity contribution in [1.82, 2.24) is 5.32 Å². The lowest BCUT2D eigenvalue weighted by molar-refractivity contribution is 0.0475. The summed E-state index contributed by atoms with van der Waals surface area (Å²) in [5, 5.41) is 13.4. The molecule has 84 valence electrons. The summed E-state index contributed by atoms with van der Waals surface area (Å²) in [4.78, 5) is 1.22. The molecule has 1 aliphatic rings. The van der Waals surface area contributed by atoms with Crippen molar-refractivity contribution in [1.29, 1.82) is 0 Å². The van der Waals surface area contributed by atoms with Gasteiger partial charge in [0.05, 0.1) is 9.94 Å². The van der Waals surface area contributed by atoms with Crippen LogP contribution < -0.4 is 5.32 Å². The van der Waals surface area contributed by atoms with Gasteiger partial charge < -0.3 is 10.4 Å². The molecule has 2 nitrogen and oxygen atoms in total. The molecule has 1 heterocycles. The molecule has 1 aromatic rings. The van der Waals surface area contributed by atoms with Gasteiger partial charge in [0.2, 0.25) is 0 Å². The van der Waals surface area contributed by atoms with Crippen molar-refractivity contribution in [3.63, 3.8) is 0 Å². The molecule has 2 rings (SSSR count). The lowest BCUT2D eigenvalue weighted by atomic mass is 10.0. The first-order valence-electron chi connectivity index (χ1n) is 5.35. The highest BCUT2D eigenvalue weighted by Crippen LogP contribution is 2.28. The smallest absolute Gasteiger partial charge is 0.0931 e. The summed E-state index contributed by atoms with van der Waals surface area (Å²) in [6.07, 6.45) is 4.18. The van der Waals surface area contributed by atoms with Gasteiger partial charge in [0.1, 0.15) is 0 Å². The lowest BCUT2D eigenvalue weighted by Gasteiger charge is -2.22. The van der Waals surface area contributed by atoms with E-state index in [-0.39, 0.29) is 0 Å². The van der Waals surface area contributed by atoms with E-state index in [0.29, 0.717) is 6.54 Å². The van der Waals surface area contributed by atoms with Crippen molar-refractivity contribution in [3.05, 3.63) is 21.3 Å². The Morgan fingerprint density at radius 2 is 2.13 bits per heavy atom. The van der Waals surface area contributed by atoms with E-state index in [1.807, 2.05) is 12.1 Å². The molecular formula is C11H16ClNOS. The minimum Gasteiger partial charge on any atom is -0.389 e. The van der Waals surface area contributed by atoms with E-state index < -0.39 is 5.60 Å². The molecule has 0 aliphatic heterocycles. The summed E-state index contributed by atoms with van der Waals surface area (Å²) in [6.45, 7) is 1.50. The van der Waals surface area contributed by atoms with E-state index in [0.717, 1.165) is 36.6 Å². The maximum Gasteiger partial charge on any atom is 0.0931 e. The Balaban J connectivity index is 1.75. The fraction of sp³-hybridized carbons (Fsp3) is 0.636. The molecule has 15 heavy (non-hydrogen) atoms. The van der Waals surface area contributed by atoms with Crippen molar-refractivity contribution in [2.45, 2.75) is 37.8 Å². The second-order valence-electron chi connectivity index (χ2n) is 4.24. The zero-order valence-corrected chi connectivity index (χ0v) is 10.2. The van der Waals surface area contributed by atoms with Crippen molar-refractivity contribution in [3.8, 4) is 0 Å². The van der Waals surface area contributed by atoms with E-state index >= 15 is 0 Å². The van der Waals surface area contributed by atoms with E-state index in [1.165, 1.54) is 4.88 Å². The van der Waals surface area contributed by atoms with Gasteiger partial charge in [-0.05, 0) is 25.0 Å². The Bertz CT molecular complexity index is 320. The molecule has 1 aromatic heterocycles. The Kier molecular flexibility index (Phi) is 3.67. The topological polar surface area (TPSA) is 32.3 Å². The van der Waals surface area contributed by atoms with Crippen LogP contribution in [0.1, 0.15) is 30.6 Å². The molecular weight excluding hydrogens is 230 g/mol. The van der Waals surface area contributed by atoms with Crippen molar-refractivity contribution < 1.29 is 5.11 Å². The predicted molar refractivity (Wildman–Crippen MR) is 64.5 cm³/mol. The lowest BCUT2D eigenvalue weighted by Crippen LogP contribution is -2.37. The Labute approximate surface area is 99.3 Å². The fourth-order valence-electron chi connectivity index (χ4n) is 2.08. The average Bonchev–Trinajstić information content (AvgIpc) is 2.76. The highest BCUT2D eigenvalue weighted by Gasteiger charge is 2.30. The SMILES string of the molecule is OC1(CNCc2ccc(Cl)s2)CCCC1. The van der Waals surface area contributed by atoms with Gasteiger partial charge in [0, 0.05) is 18.0 Å². The number of halogens is 1. The summed E-state index contributed by atoms with van der Waals surface area (Å²) < 4.78 is 0.825. The Morgan fingerprint density at radius 3 is 2.73 bits per heavy atom. The third-order valence-corrected chi connectivity index (χ3v) is 4.15. The molecule has 0 saturated heterocycles. The van der Waals surface area contributed by atoms with Crippen LogP contribution in [0.2, 0.25) is 4.34 Å². The standard InChI is InChI=1S/C11H16ClNOS/c12-10-4-3-9(15-10)7-13-8-11(14)5-1-2-6-11/h3-4,13-14H,1-2,5-8H2. The van der Waals surface area contributed by atoms with E-state index in [9.17, 15) is 5.11 Å². The molecule has 0 bridgehead atoms. The number of nitrogens with one attached hydrogen (secondary N) is 1. The summed E-state index contributed by atoms with van der Waals surface area (Å²) in [5.41, 5.74) is -0.457. The maximum absolute atomic E-state index is 10.1. The number of hydrogen-bond donors (Lipinski definition) is 2. The number of hydrogen-bond acceptors (Lipinski definition) is 3. The van der Waals surface area contributed by atoms with Crippen molar-refractivity contribution in [2.24, 2.45) is 0 Å². The predicted octanol–water partition coefficient (Wildman–Crippen LogP) is 2.80. The summed E-state index contributed by atoms with van der Waals surface area (Å²) in [6, 6.07) is 3.94. The van der Waals surface area contributed by atoms with Crippen molar-refractivity contribution >= 4 is 22.9 Å². The zero-order valence-electron chi connectivity index (χ0n) is 8.63. The van der Waals surface area contributed by atoms with Gasteiger partial charge in [0.15, 0.2) is 0 Å². The van der Waals surface area contributed by atoms with Gasteiger partial charge in [-0.1, -0.05) is 24.4 Å². The molecule has 0 radical (unpaired) electrons. The van der Waals surface area contributed by atoms with Gasteiger partial charge >= 0.3 is 0 Å². The van der Waals surface area contributed by atoms with Gasteiger partial charge in [-0.25, -0.2) is 0 Å². The third kappa shape index (κ3) is 3.18. The minimum absolute atomic E-state index is 0.457. The number of thiophene rings is 1. The van der Waals surface area contributed by atoms with Crippen LogP contribution in [0.4, 0.5) is 0 Å². The number of aliphatic hydroxyl groups is 1. The number of rotatable bonds is 4. The Hall–Kier alpha value is -0.0900. The summed E-state index contributed by atoms with van der Waals surface area (Å²) in [5.74, 6) is 0. The molecule has 1 saturated carbocycles. The first kappa shape index (κ1) is 11.4. The van der Waals surface area contributed by atoms with Crippen LogP contribution in [-0.2, 0) is 6.54 Å². The van der Waals surface area contributed by atoms with Crippen LogP contribution in [0.15, 0.2) is 12.1 Å². The van der Waals surface area contributed by atoms with E-state index in [4.69, 9.17) is 11.6 Å². The molecule has 0 unspecified atom stereocenters. The molecule has 2 N–H and O–H groups in total. The average molecular weight is 246 g/mol. The van der Waals surface area contributed by atoms with Gasteiger partial charge in [-0.3, -0.25) is 0 Å². The monoisotopic (exact) mass is 245 g/mol.